The summed E-state index contributed by atoms with van der Waals surface area (Å²) in [5.74, 6) is -0.230. The number of nitrogens with zero attached hydrogens (tertiary/aromatic N) is 4. The van der Waals surface area contributed by atoms with Gasteiger partial charge in [0.1, 0.15) is 23.0 Å². The fourth-order valence-corrected chi connectivity index (χ4v) is 4.04. The van der Waals surface area contributed by atoms with Crippen molar-refractivity contribution in [2.24, 2.45) is 0 Å². The number of ether oxygens (including phenoxy) is 1. The predicted molar refractivity (Wildman–Crippen MR) is 109 cm³/mol. The van der Waals surface area contributed by atoms with Crippen LogP contribution in [0.3, 0.4) is 0 Å². The van der Waals surface area contributed by atoms with Gasteiger partial charge < -0.3 is 24.4 Å². The van der Waals surface area contributed by atoms with Gasteiger partial charge in [0.25, 0.3) is 11.5 Å². The molecule has 2 atom stereocenters. The Kier molecular flexibility index (Phi) is 4.29. The molecule has 2 aromatic heterocycles. The van der Waals surface area contributed by atoms with Crippen LogP contribution in [0.2, 0.25) is 0 Å². The van der Waals surface area contributed by atoms with E-state index in [4.69, 9.17) is 4.74 Å². The van der Waals surface area contributed by atoms with Gasteiger partial charge >= 0.3 is 6.09 Å². The molecule has 0 bridgehead atoms. The summed E-state index contributed by atoms with van der Waals surface area (Å²) in [7, 11) is 1.59. The van der Waals surface area contributed by atoms with E-state index in [-0.39, 0.29) is 24.1 Å². The number of nitrogens with one attached hydrogen (secondary N) is 1. The largest absolute Gasteiger partial charge is 0.444 e. The highest BCUT2D eigenvalue weighted by Gasteiger charge is 2.46. The van der Waals surface area contributed by atoms with Gasteiger partial charge in [0, 0.05) is 31.2 Å². The monoisotopic (exact) mass is 399 g/mol. The van der Waals surface area contributed by atoms with Crippen LogP contribution in [-0.4, -0.2) is 64.7 Å². The van der Waals surface area contributed by atoms with Gasteiger partial charge in [-0.2, -0.15) is 0 Å². The third kappa shape index (κ3) is 3.10. The third-order valence-corrected chi connectivity index (χ3v) is 5.34. The van der Waals surface area contributed by atoms with Gasteiger partial charge in [-0.1, -0.05) is 0 Å². The van der Waals surface area contributed by atoms with Crippen LogP contribution in [-0.2, 0) is 9.53 Å². The molecule has 2 aliphatic heterocycles. The van der Waals surface area contributed by atoms with Crippen LogP contribution in [0.5, 0.6) is 0 Å². The molecule has 2 aliphatic rings. The first kappa shape index (κ1) is 19.2. The Bertz CT molecular complexity index is 1060. The summed E-state index contributed by atoms with van der Waals surface area (Å²) < 4.78 is 5.53. The van der Waals surface area contributed by atoms with Crippen molar-refractivity contribution in [3.63, 3.8) is 0 Å². The molecule has 2 amide bonds. The molecule has 9 heteroatoms. The van der Waals surface area contributed by atoms with E-state index in [9.17, 15) is 14.4 Å². The molecule has 154 valence electrons. The molecule has 0 saturated carbocycles. The first-order chi connectivity index (χ1) is 13.6. The molecular weight excluding hydrogens is 374 g/mol. The lowest BCUT2D eigenvalue weighted by Crippen LogP contribution is -2.66. The van der Waals surface area contributed by atoms with Crippen molar-refractivity contribution in [3.05, 3.63) is 28.7 Å². The molecular formula is C20H25N5O4. The van der Waals surface area contributed by atoms with Gasteiger partial charge in [-0.15, -0.1) is 0 Å². The average molecular weight is 399 g/mol. The number of aromatic amines is 1. The van der Waals surface area contributed by atoms with Gasteiger partial charge in [0.05, 0.1) is 12.2 Å². The normalized spacial score (nSPS) is 21.8. The zero-order valence-electron chi connectivity index (χ0n) is 17.2. The Morgan fingerprint density at radius 1 is 1.24 bits per heavy atom. The lowest BCUT2D eigenvalue weighted by Gasteiger charge is -2.49. The van der Waals surface area contributed by atoms with Crippen LogP contribution >= 0.6 is 0 Å². The molecule has 1 N–H and O–H groups in total. The molecule has 0 aliphatic carbocycles. The molecule has 4 heterocycles. The lowest BCUT2D eigenvalue weighted by atomic mass is 9.99. The number of carbonyl (C=O) groups excluding carboxylic acids is 2. The molecule has 2 aromatic rings. The summed E-state index contributed by atoms with van der Waals surface area (Å²) >= 11 is 0. The van der Waals surface area contributed by atoms with Crippen molar-refractivity contribution in [2.45, 2.75) is 45.4 Å². The summed E-state index contributed by atoms with van der Waals surface area (Å²) in [6.07, 6.45) is 1.17. The SMILES string of the molecule is CC1CN2c3c(c(=O)[nH]c4ncccc34)N(C)C(=O)C2CN1C(=O)OC(C)(C)C. The molecule has 29 heavy (non-hydrogen) atoms. The van der Waals surface area contributed by atoms with Crippen LogP contribution < -0.4 is 15.4 Å². The van der Waals surface area contributed by atoms with E-state index in [1.807, 2.05) is 38.7 Å². The number of likely N-dealkylation sites (N-methyl/N-ethyl adjacent to an activating group) is 1. The first-order valence-electron chi connectivity index (χ1n) is 9.63. The van der Waals surface area contributed by atoms with Crippen LogP contribution in [0.15, 0.2) is 23.1 Å². The highest BCUT2D eigenvalue weighted by Crippen LogP contribution is 2.39. The van der Waals surface area contributed by atoms with E-state index in [0.29, 0.717) is 23.6 Å². The number of fused-ring (bicyclic) bond motifs is 5. The Balaban J connectivity index is 1.80. The summed E-state index contributed by atoms with van der Waals surface area (Å²) in [6.45, 7) is 7.94. The summed E-state index contributed by atoms with van der Waals surface area (Å²) in [4.78, 5) is 50.4. The van der Waals surface area contributed by atoms with Gasteiger partial charge in [0.15, 0.2) is 0 Å². The zero-order chi connectivity index (χ0) is 21.1. The minimum Gasteiger partial charge on any atom is -0.444 e. The number of pyridine rings is 2. The van der Waals surface area contributed by atoms with Gasteiger partial charge in [-0.05, 0) is 39.8 Å². The maximum atomic E-state index is 13.1. The zero-order valence-corrected chi connectivity index (χ0v) is 17.2. The number of anilines is 2. The number of amides is 2. The van der Waals surface area contributed by atoms with Gasteiger partial charge in [-0.3, -0.25) is 9.59 Å². The van der Waals surface area contributed by atoms with Gasteiger partial charge in [0.2, 0.25) is 0 Å². The molecule has 4 rings (SSSR count). The van der Waals surface area contributed by atoms with Crippen molar-refractivity contribution in [2.75, 3.05) is 29.9 Å². The smallest absolute Gasteiger partial charge is 0.410 e. The van der Waals surface area contributed by atoms with Crippen molar-refractivity contribution >= 4 is 34.4 Å². The average Bonchev–Trinajstić information content (AvgIpc) is 2.63. The quantitative estimate of drug-likeness (QED) is 0.724. The second kappa shape index (κ2) is 6.47. The fourth-order valence-electron chi connectivity index (χ4n) is 4.04. The molecule has 2 unspecified atom stereocenters. The molecule has 1 saturated heterocycles. The third-order valence-electron chi connectivity index (χ3n) is 5.34. The maximum absolute atomic E-state index is 13.1. The number of hydrogen-bond donors (Lipinski definition) is 1. The molecule has 0 aromatic carbocycles. The second-order valence-corrected chi connectivity index (χ2v) is 8.60. The number of H-pyrrole nitrogens is 1. The van der Waals surface area contributed by atoms with Crippen molar-refractivity contribution in [1.82, 2.24) is 14.9 Å². The van der Waals surface area contributed by atoms with Crippen molar-refractivity contribution in [3.8, 4) is 0 Å². The number of hydrogen-bond acceptors (Lipinski definition) is 6. The maximum Gasteiger partial charge on any atom is 0.410 e. The van der Waals surface area contributed by atoms with E-state index in [2.05, 4.69) is 9.97 Å². The van der Waals surface area contributed by atoms with Crippen LogP contribution in [0.25, 0.3) is 11.0 Å². The number of aromatic nitrogens is 2. The second-order valence-electron chi connectivity index (χ2n) is 8.60. The highest BCUT2D eigenvalue weighted by atomic mass is 16.6. The number of rotatable bonds is 0. The number of piperazine rings is 1. The fraction of sp³-hybridized carbons (Fsp3) is 0.500. The van der Waals surface area contributed by atoms with E-state index >= 15 is 0 Å². The minimum atomic E-state index is -0.622. The molecule has 9 nitrogen and oxygen atoms in total. The summed E-state index contributed by atoms with van der Waals surface area (Å²) in [5.41, 5.74) is 0.482. The summed E-state index contributed by atoms with van der Waals surface area (Å²) in [6, 6.07) is 2.88. The number of carbonyl (C=O) groups is 2. The molecule has 0 radical (unpaired) electrons. The van der Waals surface area contributed by atoms with Crippen LogP contribution in [0.4, 0.5) is 16.2 Å². The standard InChI is InChI=1S/C20H25N5O4/c1-11-9-25-13(10-24(11)19(28)29-20(2,3)4)18(27)23(5)15-14(25)12-7-6-8-21-16(12)22-17(15)26/h6-8,11,13H,9-10H2,1-5H3,(H,21,22,26). The van der Waals surface area contributed by atoms with Crippen LogP contribution in [0.1, 0.15) is 27.7 Å². The van der Waals surface area contributed by atoms with Gasteiger partial charge in [-0.25, -0.2) is 9.78 Å². The molecule has 0 spiro atoms. The highest BCUT2D eigenvalue weighted by molar-refractivity contribution is 6.11. The van der Waals surface area contributed by atoms with E-state index in [1.54, 1.807) is 24.2 Å². The van der Waals surface area contributed by atoms with Crippen molar-refractivity contribution in [1.29, 1.82) is 0 Å². The van der Waals surface area contributed by atoms with E-state index < -0.39 is 17.7 Å². The lowest BCUT2D eigenvalue weighted by molar-refractivity contribution is -0.121. The van der Waals surface area contributed by atoms with E-state index in [1.165, 1.54) is 4.90 Å². The molecule has 1 fully saturated rings. The minimum absolute atomic E-state index is 0.188. The first-order valence-corrected chi connectivity index (χ1v) is 9.63. The Labute approximate surface area is 168 Å². The topological polar surface area (TPSA) is 98.8 Å². The van der Waals surface area contributed by atoms with Crippen molar-refractivity contribution < 1.29 is 14.3 Å². The van der Waals surface area contributed by atoms with Crippen LogP contribution in [0, 0.1) is 0 Å². The Hall–Kier alpha value is -3.10. The predicted octanol–water partition coefficient (Wildman–Crippen LogP) is 1.71. The Morgan fingerprint density at radius 3 is 2.66 bits per heavy atom. The summed E-state index contributed by atoms with van der Waals surface area (Å²) in [5, 5.41) is 0.768. The Morgan fingerprint density at radius 2 is 1.97 bits per heavy atom. The van der Waals surface area contributed by atoms with E-state index in [0.717, 1.165) is 5.39 Å².